The molecule has 6 nitrogen and oxygen atoms in total. The maximum Gasteiger partial charge on any atom is 0.339 e. The molecule has 2 N–H and O–H groups in total. The average molecular weight is 268 g/mol. The highest BCUT2D eigenvalue weighted by Gasteiger charge is 2.10. The van der Waals surface area contributed by atoms with Crippen molar-refractivity contribution in [2.75, 3.05) is 32.7 Å². The van der Waals surface area contributed by atoms with Crippen molar-refractivity contribution in [1.82, 2.24) is 4.98 Å². The van der Waals surface area contributed by atoms with Crippen LogP contribution in [-0.4, -0.2) is 49.5 Å². The standard InChI is InChI=1S/C13H20N2O4/c1-9-11(13(17)19-3)4-5-12(15-9)14-7-6-10(16)8-18-2/h4-5,10,16H,6-8H2,1-3H3,(H,14,15). The monoisotopic (exact) mass is 268 g/mol. The Bertz CT molecular complexity index is 423. The molecule has 0 fully saturated rings. The van der Waals surface area contributed by atoms with Crippen molar-refractivity contribution in [2.24, 2.45) is 0 Å². The van der Waals surface area contributed by atoms with E-state index in [2.05, 4.69) is 15.0 Å². The van der Waals surface area contributed by atoms with E-state index in [0.29, 0.717) is 36.6 Å². The summed E-state index contributed by atoms with van der Waals surface area (Å²) in [5.74, 6) is 0.266. The molecule has 106 valence electrons. The Morgan fingerprint density at radius 3 is 2.79 bits per heavy atom. The fourth-order valence-corrected chi connectivity index (χ4v) is 1.63. The van der Waals surface area contributed by atoms with E-state index in [1.165, 1.54) is 7.11 Å². The smallest absolute Gasteiger partial charge is 0.339 e. The predicted octanol–water partition coefficient (Wildman–Crippen LogP) is 0.986. The van der Waals surface area contributed by atoms with E-state index in [9.17, 15) is 9.90 Å². The highest BCUT2D eigenvalue weighted by molar-refractivity contribution is 5.90. The first kappa shape index (κ1) is 15.4. The molecule has 0 aliphatic rings. The molecule has 0 spiro atoms. The van der Waals surface area contributed by atoms with Crippen molar-refractivity contribution in [3.8, 4) is 0 Å². The van der Waals surface area contributed by atoms with Crippen LogP contribution in [0.3, 0.4) is 0 Å². The van der Waals surface area contributed by atoms with Gasteiger partial charge in [0.2, 0.25) is 0 Å². The van der Waals surface area contributed by atoms with Crippen LogP contribution in [0.1, 0.15) is 22.5 Å². The van der Waals surface area contributed by atoms with Crippen LogP contribution >= 0.6 is 0 Å². The molecule has 0 aromatic carbocycles. The van der Waals surface area contributed by atoms with Gasteiger partial charge in [-0.3, -0.25) is 0 Å². The predicted molar refractivity (Wildman–Crippen MR) is 71.3 cm³/mol. The molecule has 0 saturated heterocycles. The summed E-state index contributed by atoms with van der Waals surface area (Å²) >= 11 is 0. The molecule has 1 rings (SSSR count). The van der Waals surface area contributed by atoms with Gasteiger partial charge in [-0.15, -0.1) is 0 Å². The summed E-state index contributed by atoms with van der Waals surface area (Å²) in [6, 6.07) is 3.38. The number of nitrogens with one attached hydrogen (secondary N) is 1. The highest BCUT2D eigenvalue weighted by atomic mass is 16.5. The Morgan fingerprint density at radius 1 is 1.47 bits per heavy atom. The third-order valence-electron chi connectivity index (χ3n) is 2.63. The lowest BCUT2D eigenvalue weighted by atomic mass is 10.2. The second-order valence-electron chi connectivity index (χ2n) is 4.15. The zero-order chi connectivity index (χ0) is 14.3. The quantitative estimate of drug-likeness (QED) is 0.718. The largest absolute Gasteiger partial charge is 0.465 e. The van der Waals surface area contributed by atoms with Crippen molar-refractivity contribution in [3.05, 3.63) is 23.4 Å². The third-order valence-corrected chi connectivity index (χ3v) is 2.63. The number of esters is 1. The summed E-state index contributed by atoms with van der Waals surface area (Å²) in [6.07, 6.45) is 0.0702. The van der Waals surface area contributed by atoms with Gasteiger partial charge in [0, 0.05) is 13.7 Å². The Balaban J connectivity index is 2.52. The molecule has 1 heterocycles. The lowest BCUT2D eigenvalue weighted by Crippen LogP contribution is -2.18. The fraction of sp³-hybridized carbons (Fsp3) is 0.538. The third kappa shape index (κ3) is 4.84. The minimum absolute atomic E-state index is 0.315. The van der Waals surface area contributed by atoms with Gasteiger partial charge in [-0.25, -0.2) is 9.78 Å². The highest BCUT2D eigenvalue weighted by Crippen LogP contribution is 2.11. The lowest BCUT2D eigenvalue weighted by Gasteiger charge is -2.11. The fourth-order valence-electron chi connectivity index (χ4n) is 1.63. The minimum atomic E-state index is -0.493. The molecule has 1 atom stereocenters. The normalized spacial score (nSPS) is 12.0. The number of methoxy groups -OCH3 is 2. The van der Waals surface area contributed by atoms with Crippen LogP contribution in [0.4, 0.5) is 5.82 Å². The molecule has 1 aromatic rings. The van der Waals surface area contributed by atoms with Crippen LogP contribution in [0.25, 0.3) is 0 Å². The first-order valence-electron chi connectivity index (χ1n) is 6.05. The molecule has 0 bridgehead atoms. The summed E-state index contributed by atoms with van der Waals surface area (Å²) in [4.78, 5) is 15.7. The van der Waals surface area contributed by atoms with Gasteiger partial charge in [0.05, 0.1) is 31.1 Å². The Morgan fingerprint density at radius 2 is 2.21 bits per heavy atom. The number of aryl methyl sites for hydroxylation is 1. The number of carbonyl (C=O) groups excluding carboxylic acids is 1. The van der Waals surface area contributed by atoms with Gasteiger partial charge in [-0.2, -0.15) is 0 Å². The molecule has 0 radical (unpaired) electrons. The summed E-state index contributed by atoms with van der Waals surface area (Å²) < 4.78 is 9.49. The van der Waals surface area contributed by atoms with Crippen LogP contribution in [0.15, 0.2) is 12.1 Å². The summed E-state index contributed by atoms with van der Waals surface area (Å²) in [7, 11) is 2.89. The van der Waals surface area contributed by atoms with Crippen molar-refractivity contribution < 1.29 is 19.4 Å². The number of hydrogen-bond acceptors (Lipinski definition) is 6. The van der Waals surface area contributed by atoms with Gasteiger partial charge in [0.1, 0.15) is 5.82 Å². The van der Waals surface area contributed by atoms with Crippen LogP contribution in [0.5, 0.6) is 0 Å². The average Bonchev–Trinajstić information content (AvgIpc) is 2.38. The first-order chi connectivity index (χ1) is 9.08. The Labute approximate surface area is 112 Å². The maximum atomic E-state index is 11.4. The molecule has 1 unspecified atom stereocenters. The van der Waals surface area contributed by atoms with Gasteiger partial charge < -0.3 is 19.9 Å². The van der Waals surface area contributed by atoms with E-state index in [1.54, 1.807) is 26.2 Å². The number of nitrogens with zero attached hydrogens (tertiary/aromatic N) is 1. The minimum Gasteiger partial charge on any atom is -0.465 e. The molecule has 0 amide bonds. The number of ether oxygens (including phenoxy) is 2. The van der Waals surface area contributed by atoms with Gasteiger partial charge >= 0.3 is 5.97 Å². The van der Waals surface area contributed by atoms with E-state index < -0.39 is 12.1 Å². The van der Waals surface area contributed by atoms with E-state index in [0.717, 1.165) is 0 Å². The number of rotatable bonds is 7. The van der Waals surface area contributed by atoms with E-state index in [1.807, 2.05) is 0 Å². The van der Waals surface area contributed by atoms with E-state index in [-0.39, 0.29) is 0 Å². The number of carbonyl (C=O) groups is 1. The summed E-state index contributed by atoms with van der Waals surface area (Å²) in [6.45, 7) is 2.64. The zero-order valence-electron chi connectivity index (χ0n) is 11.5. The van der Waals surface area contributed by atoms with E-state index >= 15 is 0 Å². The zero-order valence-corrected chi connectivity index (χ0v) is 11.5. The number of hydrogen-bond donors (Lipinski definition) is 2. The van der Waals surface area contributed by atoms with Crippen molar-refractivity contribution >= 4 is 11.8 Å². The molecular formula is C13H20N2O4. The second kappa shape index (κ2) is 7.70. The summed E-state index contributed by atoms with van der Waals surface area (Å²) in [5.41, 5.74) is 1.06. The van der Waals surface area contributed by atoms with Gasteiger partial charge in [-0.1, -0.05) is 0 Å². The number of anilines is 1. The number of aliphatic hydroxyl groups excluding tert-OH is 1. The van der Waals surface area contributed by atoms with Crippen molar-refractivity contribution in [3.63, 3.8) is 0 Å². The van der Waals surface area contributed by atoms with Gasteiger partial charge in [0.15, 0.2) is 0 Å². The van der Waals surface area contributed by atoms with E-state index in [4.69, 9.17) is 4.74 Å². The molecule has 0 saturated carbocycles. The van der Waals surface area contributed by atoms with Crippen LogP contribution in [-0.2, 0) is 9.47 Å². The van der Waals surface area contributed by atoms with Crippen LogP contribution < -0.4 is 5.32 Å². The number of aromatic nitrogens is 1. The second-order valence-corrected chi connectivity index (χ2v) is 4.15. The molecule has 1 aromatic heterocycles. The summed E-state index contributed by atoms with van der Waals surface area (Å²) in [5, 5.41) is 12.6. The van der Waals surface area contributed by atoms with Crippen molar-refractivity contribution in [1.29, 1.82) is 0 Å². The number of pyridine rings is 1. The van der Waals surface area contributed by atoms with Crippen LogP contribution in [0.2, 0.25) is 0 Å². The van der Waals surface area contributed by atoms with Gasteiger partial charge in [-0.05, 0) is 25.5 Å². The molecule has 0 aliphatic heterocycles. The lowest BCUT2D eigenvalue weighted by molar-refractivity contribution is 0.0599. The Kier molecular flexibility index (Phi) is 6.24. The first-order valence-corrected chi connectivity index (χ1v) is 6.05. The van der Waals surface area contributed by atoms with Crippen LogP contribution in [0, 0.1) is 6.92 Å². The SMILES string of the molecule is COCC(O)CCNc1ccc(C(=O)OC)c(C)n1. The number of aliphatic hydroxyl groups is 1. The van der Waals surface area contributed by atoms with Gasteiger partial charge in [0.25, 0.3) is 0 Å². The molecule has 19 heavy (non-hydrogen) atoms. The maximum absolute atomic E-state index is 11.4. The molecule has 6 heteroatoms. The topological polar surface area (TPSA) is 80.7 Å². The molecular weight excluding hydrogens is 248 g/mol. The van der Waals surface area contributed by atoms with Crippen molar-refractivity contribution in [2.45, 2.75) is 19.4 Å². The Hall–Kier alpha value is -1.66. The molecule has 0 aliphatic carbocycles.